The van der Waals surface area contributed by atoms with Gasteiger partial charge in [-0.3, -0.25) is 0 Å². The molecule has 0 spiro atoms. The summed E-state index contributed by atoms with van der Waals surface area (Å²) >= 11 is 3.20. The third-order valence-electron chi connectivity index (χ3n) is 1.19. The number of hydrogen-bond donors (Lipinski definition) is 0. The molecule has 0 radical (unpaired) electrons. The summed E-state index contributed by atoms with van der Waals surface area (Å²) in [4.78, 5) is 11.0. The molecule has 0 atom stereocenters. The largest absolute Gasteiger partial charge is 0.435 e. The molecule has 4 heteroatoms. The van der Waals surface area contributed by atoms with Crippen molar-refractivity contribution in [2.75, 3.05) is 18.7 Å². The molecule has 0 aromatic rings. The van der Waals surface area contributed by atoms with Crippen molar-refractivity contribution >= 4 is 21.9 Å². The number of carbonyl (C=O) groups is 1. The SMILES string of the molecule is C=CCOCOC(=O)C(=C)CCBr. The van der Waals surface area contributed by atoms with Crippen molar-refractivity contribution in [3.8, 4) is 0 Å². The van der Waals surface area contributed by atoms with Gasteiger partial charge in [-0.15, -0.1) is 6.58 Å². The Morgan fingerprint density at radius 2 is 2.23 bits per heavy atom. The molecule has 0 aliphatic heterocycles. The average Bonchev–Trinajstić information content (AvgIpc) is 2.12. The number of alkyl halides is 1. The number of esters is 1. The molecule has 0 aliphatic rings. The predicted octanol–water partition coefficient (Wildman–Crippen LogP) is 2.03. The minimum Gasteiger partial charge on any atom is -0.435 e. The van der Waals surface area contributed by atoms with Crippen LogP contribution in [0.2, 0.25) is 0 Å². The number of halogens is 1. The molecular formula is C9H13BrO3. The van der Waals surface area contributed by atoms with E-state index < -0.39 is 5.97 Å². The van der Waals surface area contributed by atoms with Crippen molar-refractivity contribution in [1.29, 1.82) is 0 Å². The summed E-state index contributed by atoms with van der Waals surface area (Å²) in [5, 5.41) is 0.703. The summed E-state index contributed by atoms with van der Waals surface area (Å²) in [6, 6.07) is 0. The van der Waals surface area contributed by atoms with Gasteiger partial charge < -0.3 is 9.47 Å². The van der Waals surface area contributed by atoms with E-state index in [1.54, 1.807) is 6.08 Å². The Morgan fingerprint density at radius 3 is 2.77 bits per heavy atom. The summed E-state index contributed by atoms with van der Waals surface area (Å²) in [6.07, 6.45) is 2.17. The molecule has 0 aliphatic carbocycles. The zero-order valence-electron chi connectivity index (χ0n) is 7.42. The lowest BCUT2D eigenvalue weighted by molar-refractivity contribution is -0.150. The van der Waals surface area contributed by atoms with Gasteiger partial charge in [-0.25, -0.2) is 4.79 Å². The zero-order chi connectivity index (χ0) is 10.1. The van der Waals surface area contributed by atoms with E-state index in [1.807, 2.05) is 0 Å². The highest BCUT2D eigenvalue weighted by Crippen LogP contribution is 2.03. The molecule has 13 heavy (non-hydrogen) atoms. The highest BCUT2D eigenvalue weighted by Gasteiger charge is 2.06. The first-order valence-corrected chi connectivity index (χ1v) is 4.94. The van der Waals surface area contributed by atoms with Crippen LogP contribution in [-0.2, 0) is 14.3 Å². The van der Waals surface area contributed by atoms with Gasteiger partial charge in [0, 0.05) is 10.9 Å². The van der Waals surface area contributed by atoms with Gasteiger partial charge in [-0.05, 0) is 6.42 Å². The van der Waals surface area contributed by atoms with E-state index in [-0.39, 0.29) is 6.79 Å². The Labute approximate surface area is 86.5 Å². The van der Waals surface area contributed by atoms with Crippen LogP contribution in [-0.4, -0.2) is 24.7 Å². The predicted molar refractivity (Wildman–Crippen MR) is 54.7 cm³/mol. The van der Waals surface area contributed by atoms with E-state index in [0.717, 1.165) is 0 Å². The third kappa shape index (κ3) is 6.54. The molecule has 0 saturated carbocycles. The summed E-state index contributed by atoms with van der Waals surface area (Å²) in [5.41, 5.74) is 0.444. The molecule has 0 N–H and O–H groups in total. The first kappa shape index (κ1) is 12.4. The summed E-state index contributed by atoms with van der Waals surface area (Å²) in [7, 11) is 0. The van der Waals surface area contributed by atoms with Crippen LogP contribution in [0.3, 0.4) is 0 Å². The Balaban J connectivity index is 3.50. The standard InChI is InChI=1S/C9H13BrO3/c1-3-6-12-7-13-9(11)8(2)4-5-10/h3H,1-2,4-7H2. The lowest BCUT2D eigenvalue weighted by Gasteiger charge is -2.05. The van der Waals surface area contributed by atoms with Crippen molar-refractivity contribution in [1.82, 2.24) is 0 Å². The molecule has 3 nitrogen and oxygen atoms in total. The topological polar surface area (TPSA) is 35.5 Å². The fourth-order valence-corrected chi connectivity index (χ4v) is 1.02. The second-order valence-corrected chi connectivity index (χ2v) is 3.04. The molecule has 0 saturated heterocycles. The molecule has 0 aromatic heterocycles. The highest BCUT2D eigenvalue weighted by molar-refractivity contribution is 9.09. The molecule has 0 fully saturated rings. The Kier molecular flexibility index (Phi) is 7.63. The molecule has 0 rings (SSSR count). The first-order valence-electron chi connectivity index (χ1n) is 3.82. The number of ether oxygens (including phenoxy) is 2. The van der Waals surface area contributed by atoms with Crippen LogP contribution in [0, 0.1) is 0 Å². The van der Waals surface area contributed by atoms with Crippen molar-refractivity contribution in [3.05, 3.63) is 24.8 Å². The van der Waals surface area contributed by atoms with Gasteiger partial charge in [0.25, 0.3) is 0 Å². The van der Waals surface area contributed by atoms with Crippen LogP contribution < -0.4 is 0 Å². The normalized spacial score (nSPS) is 9.31. The van der Waals surface area contributed by atoms with E-state index in [1.165, 1.54) is 0 Å². The Hall–Kier alpha value is -0.610. The molecular weight excluding hydrogens is 236 g/mol. The maximum absolute atomic E-state index is 11.0. The van der Waals surface area contributed by atoms with Crippen molar-refractivity contribution < 1.29 is 14.3 Å². The Morgan fingerprint density at radius 1 is 1.54 bits per heavy atom. The van der Waals surface area contributed by atoms with Gasteiger partial charge in [0.1, 0.15) is 0 Å². The quantitative estimate of drug-likeness (QED) is 0.173. The fraction of sp³-hybridized carbons (Fsp3) is 0.444. The van der Waals surface area contributed by atoms with E-state index in [2.05, 4.69) is 29.1 Å². The zero-order valence-corrected chi connectivity index (χ0v) is 9.01. The molecule has 0 heterocycles. The fourth-order valence-electron chi connectivity index (χ4n) is 0.545. The van der Waals surface area contributed by atoms with E-state index >= 15 is 0 Å². The van der Waals surface area contributed by atoms with Crippen LogP contribution in [0.25, 0.3) is 0 Å². The van der Waals surface area contributed by atoms with Gasteiger partial charge >= 0.3 is 5.97 Å². The summed E-state index contributed by atoms with van der Waals surface area (Å²) < 4.78 is 9.60. The van der Waals surface area contributed by atoms with Gasteiger partial charge in [-0.2, -0.15) is 0 Å². The summed E-state index contributed by atoms with van der Waals surface area (Å²) in [5.74, 6) is -0.413. The highest BCUT2D eigenvalue weighted by atomic mass is 79.9. The lowest BCUT2D eigenvalue weighted by atomic mass is 10.2. The molecule has 0 aromatic carbocycles. The van der Waals surface area contributed by atoms with Crippen LogP contribution >= 0.6 is 15.9 Å². The number of carbonyl (C=O) groups excluding carboxylic acids is 1. The van der Waals surface area contributed by atoms with Gasteiger partial charge in [0.15, 0.2) is 6.79 Å². The van der Waals surface area contributed by atoms with E-state index in [9.17, 15) is 4.79 Å². The smallest absolute Gasteiger partial charge is 0.335 e. The van der Waals surface area contributed by atoms with Crippen molar-refractivity contribution in [2.45, 2.75) is 6.42 Å². The number of rotatable bonds is 7. The second-order valence-electron chi connectivity index (χ2n) is 2.25. The van der Waals surface area contributed by atoms with Crippen molar-refractivity contribution in [3.63, 3.8) is 0 Å². The van der Waals surface area contributed by atoms with E-state index in [0.29, 0.717) is 23.9 Å². The minimum atomic E-state index is -0.413. The summed E-state index contributed by atoms with van der Waals surface area (Å²) in [6.45, 7) is 7.34. The lowest BCUT2D eigenvalue weighted by Crippen LogP contribution is -2.10. The number of hydrogen-bond acceptors (Lipinski definition) is 3. The first-order chi connectivity index (χ1) is 6.22. The molecule has 0 amide bonds. The van der Waals surface area contributed by atoms with Gasteiger partial charge in [-0.1, -0.05) is 28.6 Å². The molecule has 74 valence electrons. The third-order valence-corrected chi connectivity index (χ3v) is 1.59. The van der Waals surface area contributed by atoms with Crippen LogP contribution in [0.4, 0.5) is 0 Å². The molecule has 0 unspecified atom stereocenters. The Bertz CT molecular complexity index is 189. The van der Waals surface area contributed by atoms with Crippen LogP contribution in [0.5, 0.6) is 0 Å². The maximum atomic E-state index is 11.0. The van der Waals surface area contributed by atoms with E-state index in [4.69, 9.17) is 9.47 Å². The average molecular weight is 249 g/mol. The second kappa shape index (κ2) is 8.01. The van der Waals surface area contributed by atoms with Crippen molar-refractivity contribution in [2.24, 2.45) is 0 Å². The van der Waals surface area contributed by atoms with Gasteiger partial charge in [0.2, 0.25) is 0 Å². The maximum Gasteiger partial charge on any atom is 0.335 e. The van der Waals surface area contributed by atoms with Crippen LogP contribution in [0.1, 0.15) is 6.42 Å². The van der Waals surface area contributed by atoms with Gasteiger partial charge in [0.05, 0.1) is 6.61 Å². The minimum absolute atomic E-state index is 0.0494. The van der Waals surface area contributed by atoms with Crippen LogP contribution in [0.15, 0.2) is 24.8 Å². The molecule has 0 bridgehead atoms. The monoisotopic (exact) mass is 248 g/mol.